The first-order valence-electron chi connectivity index (χ1n) is 10.4. The Bertz CT molecular complexity index is 955. The number of hydrogen-bond acceptors (Lipinski definition) is 4. The zero-order valence-electron chi connectivity index (χ0n) is 18.3. The fraction of sp³-hybridized carbons (Fsp3) is 0.417. The number of amides is 1. The third kappa shape index (κ3) is 4.62. The molecule has 0 radical (unpaired) electrons. The van der Waals surface area contributed by atoms with Crippen molar-refractivity contribution in [3.8, 4) is 5.75 Å². The van der Waals surface area contributed by atoms with Crippen molar-refractivity contribution in [1.29, 1.82) is 0 Å². The van der Waals surface area contributed by atoms with E-state index in [4.69, 9.17) is 16.3 Å². The number of halogens is 1. The van der Waals surface area contributed by atoms with E-state index in [0.29, 0.717) is 22.3 Å². The normalized spacial score (nSPS) is 17.7. The van der Waals surface area contributed by atoms with Crippen LogP contribution in [0.4, 0.5) is 5.69 Å². The lowest BCUT2D eigenvalue weighted by atomic mass is 9.79. The molecule has 0 fully saturated rings. The summed E-state index contributed by atoms with van der Waals surface area (Å²) in [5.74, 6) is 0.736. The highest BCUT2D eigenvalue weighted by molar-refractivity contribution is 6.33. The van der Waals surface area contributed by atoms with Gasteiger partial charge in [-0.3, -0.25) is 4.79 Å². The SMILES string of the molecule is CCCN1c2cc(Cl)c(/C=N\NC(=O)c3cccc(OC)c3)cc2C(C)CC1(C)C. The summed E-state index contributed by atoms with van der Waals surface area (Å²) in [6, 6.07) is 11.1. The average molecular weight is 428 g/mol. The molecule has 1 aliphatic rings. The number of anilines is 1. The molecule has 3 rings (SSSR count). The van der Waals surface area contributed by atoms with Crippen LogP contribution in [0, 0.1) is 0 Å². The minimum Gasteiger partial charge on any atom is -0.497 e. The molecule has 0 saturated carbocycles. The van der Waals surface area contributed by atoms with Gasteiger partial charge in [0.2, 0.25) is 0 Å². The number of benzene rings is 2. The van der Waals surface area contributed by atoms with Gasteiger partial charge in [0.1, 0.15) is 5.75 Å². The zero-order chi connectivity index (χ0) is 21.9. The van der Waals surface area contributed by atoms with Crippen LogP contribution in [-0.4, -0.2) is 31.3 Å². The van der Waals surface area contributed by atoms with Crippen LogP contribution >= 0.6 is 11.6 Å². The van der Waals surface area contributed by atoms with E-state index in [1.54, 1.807) is 37.6 Å². The van der Waals surface area contributed by atoms with Crippen molar-refractivity contribution in [3.05, 3.63) is 58.1 Å². The van der Waals surface area contributed by atoms with Gasteiger partial charge in [-0.25, -0.2) is 5.43 Å². The average Bonchev–Trinajstić information content (AvgIpc) is 2.71. The van der Waals surface area contributed by atoms with Crippen LogP contribution in [0.2, 0.25) is 5.02 Å². The molecule has 1 N–H and O–H groups in total. The van der Waals surface area contributed by atoms with Gasteiger partial charge in [0.15, 0.2) is 0 Å². The fourth-order valence-electron chi connectivity index (χ4n) is 4.26. The van der Waals surface area contributed by atoms with Gasteiger partial charge < -0.3 is 9.64 Å². The Morgan fingerprint density at radius 1 is 1.37 bits per heavy atom. The minimum absolute atomic E-state index is 0.0894. The molecular formula is C24H30ClN3O2. The lowest BCUT2D eigenvalue weighted by Gasteiger charge is -2.47. The molecule has 1 atom stereocenters. The molecule has 0 spiro atoms. The summed E-state index contributed by atoms with van der Waals surface area (Å²) in [6.07, 6.45) is 3.76. The molecule has 1 unspecified atom stereocenters. The Labute approximate surface area is 184 Å². The van der Waals surface area contributed by atoms with Crippen molar-refractivity contribution in [1.82, 2.24) is 5.43 Å². The van der Waals surface area contributed by atoms with Crippen molar-refractivity contribution >= 4 is 29.4 Å². The number of nitrogens with one attached hydrogen (secondary N) is 1. The second kappa shape index (κ2) is 9.09. The van der Waals surface area contributed by atoms with Gasteiger partial charge in [-0.15, -0.1) is 0 Å². The topological polar surface area (TPSA) is 53.9 Å². The Hall–Kier alpha value is -2.53. The Balaban J connectivity index is 1.82. The van der Waals surface area contributed by atoms with Gasteiger partial charge in [-0.1, -0.05) is 31.5 Å². The summed E-state index contributed by atoms with van der Waals surface area (Å²) >= 11 is 6.59. The smallest absolute Gasteiger partial charge is 0.271 e. The lowest BCUT2D eigenvalue weighted by molar-refractivity contribution is 0.0955. The van der Waals surface area contributed by atoms with Crippen molar-refractivity contribution in [2.24, 2.45) is 5.10 Å². The van der Waals surface area contributed by atoms with Crippen molar-refractivity contribution in [3.63, 3.8) is 0 Å². The van der Waals surface area contributed by atoms with Crippen molar-refractivity contribution < 1.29 is 9.53 Å². The molecule has 160 valence electrons. The van der Waals surface area contributed by atoms with Gasteiger partial charge in [-0.05, 0) is 68.5 Å². The molecular weight excluding hydrogens is 398 g/mol. The second-order valence-corrected chi connectivity index (χ2v) is 8.84. The van der Waals surface area contributed by atoms with E-state index in [1.165, 1.54) is 11.3 Å². The van der Waals surface area contributed by atoms with E-state index < -0.39 is 0 Å². The third-order valence-corrected chi connectivity index (χ3v) is 5.98. The van der Waals surface area contributed by atoms with Crippen molar-refractivity contribution in [2.75, 3.05) is 18.6 Å². The highest BCUT2D eigenvalue weighted by Gasteiger charge is 2.36. The molecule has 0 aliphatic carbocycles. The maximum absolute atomic E-state index is 12.3. The van der Waals surface area contributed by atoms with Gasteiger partial charge in [0, 0.05) is 28.9 Å². The summed E-state index contributed by atoms with van der Waals surface area (Å²) in [6.45, 7) is 10.0. The summed E-state index contributed by atoms with van der Waals surface area (Å²) < 4.78 is 5.16. The number of fused-ring (bicyclic) bond motifs is 1. The minimum atomic E-state index is -0.302. The highest BCUT2D eigenvalue weighted by atomic mass is 35.5. The number of rotatable bonds is 6. The Morgan fingerprint density at radius 3 is 2.83 bits per heavy atom. The van der Waals surface area contributed by atoms with Gasteiger partial charge in [-0.2, -0.15) is 5.10 Å². The molecule has 6 heteroatoms. The van der Waals surface area contributed by atoms with Crippen LogP contribution in [0.1, 0.15) is 67.9 Å². The quantitative estimate of drug-likeness (QED) is 0.481. The fourth-order valence-corrected chi connectivity index (χ4v) is 4.46. The second-order valence-electron chi connectivity index (χ2n) is 8.43. The monoisotopic (exact) mass is 427 g/mol. The number of ether oxygens (including phenoxy) is 1. The lowest BCUT2D eigenvalue weighted by Crippen LogP contribution is -2.48. The van der Waals surface area contributed by atoms with E-state index in [1.807, 2.05) is 6.07 Å². The predicted molar refractivity (Wildman–Crippen MR) is 124 cm³/mol. The van der Waals surface area contributed by atoms with Gasteiger partial charge in [0.25, 0.3) is 5.91 Å². The van der Waals surface area contributed by atoms with E-state index in [0.717, 1.165) is 24.9 Å². The first-order valence-corrected chi connectivity index (χ1v) is 10.7. The summed E-state index contributed by atoms with van der Waals surface area (Å²) in [7, 11) is 1.57. The number of hydrogen-bond donors (Lipinski definition) is 1. The number of nitrogens with zero attached hydrogens (tertiary/aromatic N) is 2. The number of methoxy groups -OCH3 is 1. The van der Waals surface area contributed by atoms with Crippen LogP contribution in [0.3, 0.4) is 0 Å². The van der Waals surface area contributed by atoms with Crippen LogP contribution < -0.4 is 15.1 Å². The van der Waals surface area contributed by atoms with E-state index in [2.05, 4.69) is 49.2 Å². The molecule has 30 heavy (non-hydrogen) atoms. The first-order chi connectivity index (χ1) is 14.3. The largest absolute Gasteiger partial charge is 0.497 e. The first kappa shape index (κ1) is 22.2. The molecule has 2 aromatic rings. The number of carbonyl (C=O) groups is 1. The van der Waals surface area contributed by atoms with E-state index >= 15 is 0 Å². The van der Waals surface area contributed by atoms with Gasteiger partial charge in [0.05, 0.1) is 18.3 Å². The molecule has 1 aliphatic heterocycles. The number of hydrazone groups is 1. The van der Waals surface area contributed by atoms with Crippen LogP contribution in [0.5, 0.6) is 5.75 Å². The predicted octanol–water partition coefficient (Wildman–Crippen LogP) is 5.61. The van der Waals surface area contributed by atoms with Crippen molar-refractivity contribution in [2.45, 2.75) is 52.0 Å². The molecule has 1 heterocycles. The zero-order valence-corrected chi connectivity index (χ0v) is 19.1. The summed E-state index contributed by atoms with van der Waals surface area (Å²) in [5.41, 5.74) is 6.40. The molecule has 0 saturated heterocycles. The summed E-state index contributed by atoms with van der Waals surface area (Å²) in [5, 5.41) is 4.75. The van der Waals surface area contributed by atoms with Crippen LogP contribution in [0.25, 0.3) is 0 Å². The standard InChI is InChI=1S/C24H30ClN3O2/c1-6-10-28-22-13-21(25)18(12-20(22)16(2)14-24(28,3)4)15-26-27-23(29)17-8-7-9-19(11-17)30-5/h7-9,11-13,15-16H,6,10,14H2,1-5H3,(H,27,29)/b26-15-. The maximum atomic E-state index is 12.3. The molecule has 5 nitrogen and oxygen atoms in total. The summed E-state index contributed by atoms with van der Waals surface area (Å²) in [4.78, 5) is 14.8. The Morgan fingerprint density at radius 2 is 2.13 bits per heavy atom. The molecule has 2 aromatic carbocycles. The maximum Gasteiger partial charge on any atom is 0.271 e. The van der Waals surface area contributed by atoms with Gasteiger partial charge >= 0.3 is 0 Å². The third-order valence-electron chi connectivity index (χ3n) is 5.65. The Kier molecular flexibility index (Phi) is 6.71. The van der Waals surface area contributed by atoms with Crippen LogP contribution in [0.15, 0.2) is 41.5 Å². The highest BCUT2D eigenvalue weighted by Crippen LogP contribution is 2.45. The van der Waals surface area contributed by atoms with E-state index in [-0.39, 0.29) is 11.4 Å². The van der Waals surface area contributed by atoms with Crippen LogP contribution in [-0.2, 0) is 0 Å². The van der Waals surface area contributed by atoms with E-state index in [9.17, 15) is 4.79 Å². The molecule has 0 aromatic heterocycles. The molecule has 0 bridgehead atoms. The number of carbonyl (C=O) groups excluding carboxylic acids is 1. The molecule has 1 amide bonds.